The first-order chi connectivity index (χ1) is 16.3. The Morgan fingerprint density at radius 1 is 1.03 bits per heavy atom. The van der Waals surface area contributed by atoms with E-state index in [0.717, 1.165) is 27.3 Å². The van der Waals surface area contributed by atoms with Crippen molar-refractivity contribution in [2.75, 3.05) is 30.8 Å². The van der Waals surface area contributed by atoms with Crippen LogP contribution in [0.4, 0.5) is 5.69 Å². The second kappa shape index (κ2) is 12.1. The van der Waals surface area contributed by atoms with E-state index < -0.39 is 28.5 Å². The van der Waals surface area contributed by atoms with Gasteiger partial charge in [0.25, 0.3) is 0 Å². The Morgan fingerprint density at radius 2 is 1.66 bits per heavy atom. The summed E-state index contributed by atoms with van der Waals surface area (Å²) in [5.41, 5.74) is 2.93. The first kappa shape index (κ1) is 28.2. The lowest BCUT2D eigenvalue weighted by atomic mass is 10.1. The molecule has 0 fully saturated rings. The zero-order valence-corrected chi connectivity index (χ0v) is 22.5. The van der Waals surface area contributed by atoms with Crippen LogP contribution in [0.3, 0.4) is 0 Å². The molecule has 0 aromatic heterocycles. The number of ether oxygens (including phenoxy) is 1. The average Bonchev–Trinajstić information content (AvgIpc) is 2.80. The number of carbonyl (C=O) groups excluding carboxylic acids is 2. The van der Waals surface area contributed by atoms with Gasteiger partial charge in [0.1, 0.15) is 18.3 Å². The monoisotopic (exact) mass is 503 g/mol. The predicted molar refractivity (Wildman–Crippen MR) is 139 cm³/mol. The number of hydrogen-bond donors (Lipinski definition) is 1. The normalized spacial score (nSPS) is 12.2. The highest BCUT2D eigenvalue weighted by atomic mass is 32.2. The Hall–Kier alpha value is -3.07. The summed E-state index contributed by atoms with van der Waals surface area (Å²) in [6, 6.07) is 11.7. The van der Waals surface area contributed by atoms with Crippen LogP contribution in [0.15, 0.2) is 42.5 Å². The van der Waals surface area contributed by atoms with Crippen molar-refractivity contribution in [2.24, 2.45) is 5.92 Å². The van der Waals surface area contributed by atoms with Crippen molar-refractivity contribution in [1.82, 2.24) is 10.2 Å². The third-order valence-corrected chi connectivity index (χ3v) is 7.01. The molecule has 2 amide bonds. The quantitative estimate of drug-likeness (QED) is 0.508. The van der Waals surface area contributed by atoms with E-state index in [1.165, 1.54) is 4.90 Å². The van der Waals surface area contributed by atoms with Gasteiger partial charge in [-0.2, -0.15) is 0 Å². The summed E-state index contributed by atoms with van der Waals surface area (Å²) < 4.78 is 31.8. The van der Waals surface area contributed by atoms with Crippen LogP contribution in [0, 0.1) is 19.8 Å². The number of nitrogens with one attached hydrogen (secondary N) is 1. The fourth-order valence-corrected chi connectivity index (χ4v) is 4.46. The van der Waals surface area contributed by atoms with Gasteiger partial charge in [-0.15, -0.1) is 0 Å². The molecule has 9 heteroatoms. The third kappa shape index (κ3) is 7.71. The van der Waals surface area contributed by atoms with E-state index in [-0.39, 0.29) is 18.4 Å². The largest absolute Gasteiger partial charge is 0.497 e. The summed E-state index contributed by atoms with van der Waals surface area (Å²) in [5, 5.41) is 2.87. The molecule has 0 spiro atoms. The minimum absolute atomic E-state index is 0.142. The summed E-state index contributed by atoms with van der Waals surface area (Å²) in [6.07, 6.45) is 1.08. The van der Waals surface area contributed by atoms with Crippen LogP contribution >= 0.6 is 0 Å². The SMILES string of the molecule is COc1ccc(CN(C(=O)CN(c2cccc(C)c2C)S(C)(=O)=O)C(C)C(=O)NCC(C)C)cc1. The highest BCUT2D eigenvalue weighted by Crippen LogP contribution is 2.25. The topological polar surface area (TPSA) is 96.0 Å². The fourth-order valence-electron chi connectivity index (χ4n) is 3.56. The molecule has 2 aromatic rings. The van der Waals surface area contributed by atoms with E-state index in [9.17, 15) is 18.0 Å². The first-order valence-corrected chi connectivity index (χ1v) is 13.4. The zero-order valence-electron chi connectivity index (χ0n) is 21.7. The molecule has 1 unspecified atom stereocenters. The van der Waals surface area contributed by atoms with E-state index in [2.05, 4.69) is 5.32 Å². The van der Waals surface area contributed by atoms with Crippen molar-refractivity contribution in [1.29, 1.82) is 0 Å². The predicted octanol–water partition coefficient (Wildman–Crippen LogP) is 3.27. The molecule has 1 atom stereocenters. The number of methoxy groups -OCH3 is 1. The second-order valence-electron chi connectivity index (χ2n) is 9.17. The average molecular weight is 504 g/mol. The summed E-state index contributed by atoms with van der Waals surface area (Å²) in [5.74, 6) is 0.159. The Morgan fingerprint density at radius 3 is 2.20 bits per heavy atom. The molecule has 0 bridgehead atoms. The molecular formula is C26H37N3O5S. The number of carbonyl (C=O) groups is 2. The molecule has 0 heterocycles. The van der Waals surface area contributed by atoms with Crippen LogP contribution < -0.4 is 14.4 Å². The Labute approximate surface area is 209 Å². The molecule has 2 rings (SSSR count). The second-order valence-corrected chi connectivity index (χ2v) is 11.1. The van der Waals surface area contributed by atoms with Gasteiger partial charge < -0.3 is 15.0 Å². The molecule has 0 aliphatic heterocycles. The van der Waals surface area contributed by atoms with Crippen LogP contribution in [0.5, 0.6) is 5.75 Å². The lowest BCUT2D eigenvalue weighted by Crippen LogP contribution is -2.51. The molecule has 35 heavy (non-hydrogen) atoms. The number of amides is 2. The Bertz CT molecular complexity index is 1130. The number of anilines is 1. The van der Waals surface area contributed by atoms with Crippen molar-refractivity contribution in [2.45, 2.75) is 47.2 Å². The number of nitrogens with zero attached hydrogens (tertiary/aromatic N) is 2. The Kier molecular flexibility index (Phi) is 9.71. The Balaban J connectivity index is 2.40. The number of benzene rings is 2. The molecule has 0 radical (unpaired) electrons. The maximum absolute atomic E-state index is 13.6. The third-order valence-electron chi connectivity index (χ3n) is 5.89. The number of rotatable bonds is 11. The summed E-state index contributed by atoms with van der Waals surface area (Å²) in [7, 11) is -2.20. The maximum atomic E-state index is 13.6. The standard InChI is InChI=1S/C26H37N3O5S/c1-18(2)15-27-26(31)21(5)28(16-22-11-13-23(34-6)14-12-22)25(30)17-29(35(7,32)33)24-10-8-9-19(3)20(24)4/h8-14,18,21H,15-17H2,1-7H3,(H,27,31). The van der Waals surface area contributed by atoms with Crippen LogP contribution in [-0.4, -0.2) is 57.6 Å². The lowest BCUT2D eigenvalue weighted by Gasteiger charge is -2.32. The van der Waals surface area contributed by atoms with Gasteiger partial charge in [-0.1, -0.05) is 38.1 Å². The van der Waals surface area contributed by atoms with Crippen LogP contribution in [0.2, 0.25) is 0 Å². The van der Waals surface area contributed by atoms with Crippen molar-refractivity contribution in [3.8, 4) is 5.75 Å². The number of hydrogen-bond acceptors (Lipinski definition) is 5. The van der Waals surface area contributed by atoms with Gasteiger partial charge in [-0.3, -0.25) is 13.9 Å². The molecular weight excluding hydrogens is 466 g/mol. The molecule has 0 saturated carbocycles. The van der Waals surface area contributed by atoms with Crippen molar-refractivity contribution < 1.29 is 22.7 Å². The van der Waals surface area contributed by atoms with Gasteiger partial charge in [0.2, 0.25) is 21.8 Å². The van der Waals surface area contributed by atoms with E-state index in [0.29, 0.717) is 18.0 Å². The summed E-state index contributed by atoms with van der Waals surface area (Å²) in [6.45, 7) is 9.54. The van der Waals surface area contributed by atoms with Gasteiger partial charge >= 0.3 is 0 Å². The van der Waals surface area contributed by atoms with Crippen molar-refractivity contribution in [3.63, 3.8) is 0 Å². The first-order valence-electron chi connectivity index (χ1n) is 11.6. The smallest absolute Gasteiger partial charge is 0.244 e. The van der Waals surface area contributed by atoms with Gasteiger partial charge in [0, 0.05) is 13.1 Å². The summed E-state index contributed by atoms with van der Waals surface area (Å²) in [4.78, 5) is 27.9. The lowest BCUT2D eigenvalue weighted by molar-refractivity contribution is -0.139. The van der Waals surface area contributed by atoms with E-state index >= 15 is 0 Å². The number of sulfonamides is 1. The highest BCUT2D eigenvalue weighted by Gasteiger charge is 2.30. The van der Waals surface area contributed by atoms with Gasteiger partial charge in [0.15, 0.2) is 0 Å². The van der Waals surface area contributed by atoms with Crippen LogP contribution in [-0.2, 0) is 26.2 Å². The number of aryl methyl sites for hydroxylation is 1. The van der Waals surface area contributed by atoms with Crippen LogP contribution in [0.1, 0.15) is 37.5 Å². The van der Waals surface area contributed by atoms with Crippen LogP contribution in [0.25, 0.3) is 0 Å². The maximum Gasteiger partial charge on any atom is 0.244 e. The summed E-state index contributed by atoms with van der Waals surface area (Å²) >= 11 is 0. The molecule has 1 N–H and O–H groups in total. The molecule has 0 aliphatic carbocycles. The molecule has 2 aromatic carbocycles. The molecule has 192 valence electrons. The van der Waals surface area contributed by atoms with Crippen molar-refractivity contribution >= 4 is 27.5 Å². The van der Waals surface area contributed by atoms with Gasteiger partial charge in [-0.25, -0.2) is 8.42 Å². The fraction of sp³-hybridized carbons (Fsp3) is 0.462. The minimum Gasteiger partial charge on any atom is -0.497 e. The van der Waals surface area contributed by atoms with E-state index in [4.69, 9.17) is 4.74 Å². The molecule has 0 aliphatic rings. The van der Waals surface area contributed by atoms with Gasteiger partial charge in [0.05, 0.1) is 19.1 Å². The molecule has 0 saturated heterocycles. The van der Waals surface area contributed by atoms with E-state index in [1.54, 1.807) is 38.3 Å². The highest BCUT2D eigenvalue weighted by molar-refractivity contribution is 7.92. The van der Waals surface area contributed by atoms with Gasteiger partial charge in [-0.05, 0) is 61.6 Å². The molecule has 8 nitrogen and oxygen atoms in total. The van der Waals surface area contributed by atoms with Crippen molar-refractivity contribution in [3.05, 3.63) is 59.2 Å². The zero-order chi connectivity index (χ0) is 26.3. The van der Waals surface area contributed by atoms with E-state index in [1.807, 2.05) is 45.9 Å². The minimum atomic E-state index is -3.77.